The number of hydrogen-bond donors (Lipinski definition) is 1. The number of aromatic nitrogens is 1. The molecule has 2 aromatic rings. The van der Waals surface area contributed by atoms with Crippen molar-refractivity contribution in [3.8, 4) is 0 Å². The molecule has 3 heterocycles. The molecule has 0 bridgehead atoms. The number of morpholine rings is 1. The number of anilines is 1. The zero-order chi connectivity index (χ0) is 20.4. The number of pyridine rings is 1. The minimum Gasteiger partial charge on any atom is -0.462 e. The Labute approximate surface area is 170 Å². The molecule has 1 saturated heterocycles. The Hall–Kier alpha value is -2.23. The van der Waals surface area contributed by atoms with Crippen LogP contribution in [-0.2, 0) is 25.7 Å². The molecule has 0 amide bonds. The number of aryl methyl sites for hydroxylation is 1. The van der Waals surface area contributed by atoms with Gasteiger partial charge in [-0.1, -0.05) is 0 Å². The Balaban J connectivity index is 1.74. The van der Waals surface area contributed by atoms with E-state index >= 15 is 0 Å². The molecule has 0 aliphatic carbocycles. The number of ether oxygens (including phenoxy) is 2. The highest BCUT2D eigenvalue weighted by Crippen LogP contribution is 2.37. The molecule has 9 heteroatoms. The van der Waals surface area contributed by atoms with Gasteiger partial charge < -0.3 is 14.8 Å². The van der Waals surface area contributed by atoms with Gasteiger partial charge in [-0.25, -0.2) is 13.2 Å². The number of benzene rings is 1. The highest BCUT2D eigenvalue weighted by atomic mass is 32.2. The molecule has 1 fully saturated rings. The zero-order valence-electron chi connectivity index (χ0n) is 16.4. The highest BCUT2D eigenvalue weighted by molar-refractivity contribution is 7.91. The molecule has 1 aromatic heterocycles. The Kier molecular flexibility index (Phi) is 5.71. The Morgan fingerprint density at radius 1 is 1.31 bits per heavy atom. The van der Waals surface area contributed by atoms with E-state index in [2.05, 4.69) is 15.2 Å². The maximum Gasteiger partial charge on any atom is 0.341 e. The minimum absolute atomic E-state index is 0.0816. The fraction of sp³-hybridized carbons (Fsp3) is 0.500. The molecule has 0 spiro atoms. The Bertz CT molecular complexity index is 1030. The summed E-state index contributed by atoms with van der Waals surface area (Å²) < 4.78 is 35.4. The van der Waals surface area contributed by atoms with Crippen LogP contribution in [0.3, 0.4) is 0 Å². The summed E-state index contributed by atoms with van der Waals surface area (Å²) in [5.74, 6) is -0.382. The van der Waals surface area contributed by atoms with Gasteiger partial charge in [-0.2, -0.15) is 0 Å². The average Bonchev–Trinajstić information content (AvgIpc) is 3.03. The van der Waals surface area contributed by atoms with E-state index in [0.717, 1.165) is 38.4 Å². The second kappa shape index (κ2) is 8.25. The van der Waals surface area contributed by atoms with Gasteiger partial charge in [0.2, 0.25) is 0 Å². The molecule has 8 nitrogen and oxygen atoms in total. The molecule has 0 saturated carbocycles. The number of carbonyl (C=O) groups excluding carboxylic acids is 1. The molecule has 2 aliphatic heterocycles. The minimum atomic E-state index is -3.29. The van der Waals surface area contributed by atoms with Crippen molar-refractivity contribution in [2.45, 2.75) is 18.2 Å². The second-order valence-corrected chi connectivity index (χ2v) is 9.23. The maximum atomic E-state index is 12.6. The molecular weight excluding hydrogens is 394 g/mol. The first-order valence-electron chi connectivity index (χ1n) is 9.89. The Morgan fingerprint density at radius 3 is 2.86 bits per heavy atom. The van der Waals surface area contributed by atoms with E-state index < -0.39 is 15.8 Å². The van der Waals surface area contributed by atoms with E-state index in [4.69, 9.17) is 9.47 Å². The smallest absolute Gasteiger partial charge is 0.341 e. The summed E-state index contributed by atoms with van der Waals surface area (Å²) in [6, 6.07) is 3.33. The predicted molar refractivity (Wildman–Crippen MR) is 109 cm³/mol. The number of rotatable bonds is 6. The van der Waals surface area contributed by atoms with Crippen molar-refractivity contribution < 1.29 is 22.7 Å². The summed E-state index contributed by atoms with van der Waals surface area (Å²) in [5, 5.41) is 4.09. The molecule has 0 atom stereocenters. The third kappa shape index (κ3) is 3.94. The third-order valence-electron chi connectivity index (χ3n) is 5.38. The van der Waals surface area contributed by atoms with Gasteiger partial charge in [0.15, 0.2) is 9.84 Å². The van der Waals surface area contributed by atoms with Crippen molar-refractivity contribution in [1.29, 1.82) is 0 Å². The zero-order valence-corrected chi connectivity index (χ0v) is 17.3. The lowest BCUT2D eigenvalue weighted by Crippen LogP contribution is -2.39. The number of fused-ring (bicyclic) bond motifs is 3. The van der Waals surface area contributed by atoms with E-state index in [1.165, 1.54) is 6.20 Å². The molecule has 156 valence electrons. The topological polar surface area (TPSA) is 97.8 Å². The number of nitrogens with one attached hydrogen (secondary N) is 1. The van der Waals surface area contributed by atoms with Crippen LogP contribution in [0, 0.1) is 0 Å². The predicted octanol–water partition coefficient (Wildman–Crippen LogP) is 1.49. The fourth-order valence-electron chi connectivity index (χ4n) is 3.93. The van der Waals surface area contributed by atoms with E-state index in [0.29, 0.717) is 40.0 Å². The molecule has 1 N–H and O–H groups in total. The van der Waals surface area contributed by atoms with Gasteiger partial charge >= 0.3 is 5.97 Å². The van der Waals surface area contributed by atoms with Crippen molar-refractivity contribution >= 4 is 32.4 Å². The molecule has 2 aliphatic rings. The van der Waals surface area contributed by atoms with Crippen LogP contribution in [0.2, 0.25) is 0 Å². The first-order valence-corrected chi connectivity index (χ1v) is 11.5. The number of nitrogens with zero attached hydrogens (tertiary/aromatic N) is 2. The van der Waals surface area contributed by atoms with E-state index in [1.54, 1.807) is 19.1 Å². The van der Waals surface area contributed by atoms with Crippen LogP contribution in [0.4, 0.5) is 5.69 Å². The number of esters is 1. The maximum absolute atomic E-state index is 12.6. The normalized spacial score (nSPS) is 18.5. The van der Waals surface area contributed by atoms with Crippen LogP contribution in [0.1, 0.15) is 22.8 Å². The lowest BCUT2D eigenvalue weighted by molar-refractivity contribution is 0.0398. The molecule has 4 rings (SSSR count). The summed E-state index contributed by atoms with van der Waals surface area (Å²) in [6.07, 6.45) is 1.92. The molecule has 1 aromatic carbocycles. The molecule has 29 heavy (non-hydrogen) atoms. The van der Waals surface area contributed by atoms with Crippen molar-refractivity contribution in [3.05, 3.63) is 29.5 Å². The monoisotopic (exact) mass is 419 g/mol. The summed E-state index contributed by atoms with van der Waals surface area (Å²) in [7, 11) is -3.29. The van der Waals surface area contributed by atoms with Gasteiger partial charge in [-0.3, -0.25) is 9.88 Å². The first kappa shape index (κ1) is 20.1. The standard InChI is InChI=1S/C20H25N3O5S/c1-2-28-20(24)15-13-22-16-3-4-17-14(5-12-29(17,25)26)18(16)19(15)21-6-7-23-8-10-27-11-9-23/h3-4,13H,2,5-12H2,1H3,(H,21,22). The SMILES string of the molecule is CCOC(=O)c1cnc2ccc3c(c2c1NCCN1CCOCC1)CCS3(=O)=O. The number of sulfone groups is 1. The van der Waals surface area contributed by atoms with Crippen LogP contribution >= 0.6 is 0 Å². The first-order chi connectivity index (χ1) is 14.0. The van der Waals surface area contributed by atoms with Gasteiger partial charge in [0.1, 0.15) is 5.56 Å². The lowest BCUT2D eigenvalue weighted by atomic mass is 10.0. The van der Waals surface area contributed by atoms with Gasteiger partial charge in [-0.15, -0.1) is 0 Å². The van der Waals surface area contributed by atoms with Crippen molar-refractivity contribution in [1.82, 2.24) is 9.88 Å². The third-order valence-corrected chi connectivity index (χ3v) is 7.18. The summed E-state index contributed by atoms with van der Waals surface area (Å²) in [5.41, 5.74) is 2.34. The van der Waals surface area contributed by atoms with Gasteiger partial charge in [0.05, 0.1) is 41.7 Å². The van der Waals surface area contributed by atoms with Crippen LogP contribution in [0.15, 0.2) is 23.2 Å². The van der Waals surface area contributed by atoms with Crippen molar-refractivity contribution in [2.75, 3.05) is 57.1 Å². The number of hydrogen-bond acceptors (Lipinski definition) is 8. The fourth-order valence-corrected chi connectivity index (χ4v) is 5.48. The van der Waals surface area contributed by atoms with E-state index in [9.17, 15) is 13.2 Å². The van der Waals surface area contributed by atoms with Crippen molar-refractivity contribution in [3.63, 3.8) is 0 Å². The second-order valence-electron chi connectivity index (χ2n) is 7.15. The van der Waals surface area contributed by atoms with Gasteiger partial charge in [0.25, 0.3) is 0 Å². The lowest BCUT2D eigenvalue weighted by Gasteiger charge is -2.27. The van der Waals surface area contributed by atoms with Crippen LogP contribution in [0.25, 0.3) is 10.9 Å². The van der Waals surface area contributed by atoms with Gasteiger partial charge in [0, 0.05) is 37.8 Å². The van der Waals surface area contributed by atoms with Crippen LogP contribution < -0.4 is 5.32 Å². The quantitative estimate of drug-likeness (QED) is 0.704. The molecular formula is C20H25N3O5S. The van der Waals surface area contributed by atoms with E-state index in [-0.39, 0.29) is 12.4 Å². The molecule has 0 unspecified atom stereocenters. The van der Waals surface area contributed by atoms with Crippen molar-refractivity contribution in [2.24, 2.45) is 0 Å². The number of carbonyl (C=O) groups is 1. The molecule has 0 radical (unpaired) electrons. The Morgan fingerprint density at radius 2 is 2.10 bits per heavy atom. The van der Waals surface area contributed by atoms with E-state index in [1.807, 2.05) is 0 Å². The summed E-state index contributed by atoms with van der Waals surface area (Å²) in [6.45, 7) is 6.60. The van der Waals surface area contributed by atoms with Crippen LogP contribution in [0.5, 0.6) is 0 Å². The van der Waals surface area contributed by atoms with Crippen LogP contribution in [-0.4, -0.2) is 76.0 Å². The largest absolute Gasteiger partial charge is 0.462 e. The summed E-state index contributed by atoms with van der Waals surface area (Å²) >= 11 is 0. The average molecular weight is 420 g/mol. The summed E-state index contributed by atoms with van der Waals surface area (Å²) in [4.78, 5) is 19.6. The van der Waals surface area contributed by atoms with Gasteiger partial charge in [-0.05, 0) is 31.0 Å². The highest BCUT2D eigenvalue weighted by Gasteiger charge is 2.30.